The summed E-state index contributed by atoms with van der Waals surface area (Å²) < 4.78 is 10.0. The van der Waals surface area contributed by atoms with E-state index in [1.165, 1.54) is 13.4 Å². The van der Waals surface area contributed by atoms with Crippen molar-refractivity contribution in [3.63, 3.8) is 0 Å². The second-order valence-corrected chi connectivity index (χ2v) is 5.41. The highest BCUT2D eigenvalue weighted by Gasteiger charge is 2.42. The van der Waals surface area contributed by atoms with Crippen molar-refractivity contribution in [3.8, 4) is 0 Å². The summed E-state index contributed by atoms with van der Waals surface area (Å²) in [5.74, 6) is -0.728. The molecule has 0 aromatic heterocycles. The van der Waals surface area contributed by atoms with Gasteiger partial charge in [0.1, 0.15) is 0 Å². The maximum Gasteiger partial charge on any atom is 0.337 e. The van der Waals surface area contributed by atoms with E-state index < -0.39 is 12.3 Å². The number of aliphatic hydroxyl groups excluding tert-OH is 1. The maximum absolute atomic E-state index is 11.8. The van der Waals surface area contributed by atoms with Gasteiger partial charge in [0.2, 0.25) is 6.29 Å². The molecule has 0 fully saturated rings. The number of fused-ring (bicyclic) bond motifs is 1. The van der Waals surface area contributed by atoms with E-state index in [0.717, 1.165) is 11.1 Å². The van der Waals surface area contributed by atoms with E-state index in [1.807, 2.05) is 48.6 Å². The Hall–Kier alpha value is -2.33. The van der Waals surface area contributed by atoms with Crippen molar-refractivity contribution in [2.75, 3.05) is 7.11 Å². The standard InChI is InChI=1S/C18H18O4/c1-21-17(19)15-11-22-18(20)16-13(9-10-14(15)16)8-7-12-5-3-2-4-6-12/h2-9,11,14,16,18,20H,10H2,1H3/b8-7+/t14-,16-,18?/m1/s1. The Bertz CT molecular complexity index is 642. The fourth-order valence-electron chi connectivity index (χ4n) is 3.03. The van der Waals surface area contributed by atoms with Gasteiger partial charge in [-0.2, -0.15) is 0 Å². The van der Waals surface area contributed by atoms with E-state index in [-0.39, 0.29) is 11.8 Å². The van der Waals surface area contributed by atoms with Gasteiger partial charge in [-0.25, -0.2) is 4.79 Å². The number of allylic oxidation sites excluding steroid dienone is 2. The molecule has 0 saturated heterocycles. The Morgan fingerprint density at radius 3 is 2.82 bits per heavy atom. The van der Waals surface area contributed by atoms with Crippen LogP contribution in [0.5, 0.6) is 0 Å². The molecule has 1 heterocycles. The fourth-order valence-corrected chi connectivity index (χ4v) is 3.03. The molecule has 3 rings (SSSR count). The normalized spacial score (nSPS) is 26.9. The molecule has 0 radical (unpaired) electrons. The summed E-state index contributed by atoms with van der Waals surface area (Å²) >= 11 is 0. The van der Waals surface area contributed by atoms with Gasteiger partial charge < -0.3 is 14.6 Å². The van der Waals surface area contributed by atoms with Crippen LogP contribution in [0.3, 0.4) is 0 Å². The molecule has 1 aliphatic carbocycles. The Morgan fingerprint density at radius 1 is 1.32 bits per heavy atom. The molecule has 1 aromatic rings. The van der Waals surface area contributed by atoms with Crippen LogP contribution in [0.4, 0.5) is 0 Å². The van der Waals surface area contributed by atoms with Gasteiger partial charge >= 0.3 is 5.97 Å². The molecule has 4 nitrogen and oxygen atoms in total. The monoisotopic (exact) mass is 298 g/mol. The number of hydrogen-bond acceptors (Lipinski definition) is 4. The van der Waals surface area contributed by atoms with Gasteiger partial charge in [0, 0.05) is 5.92 Å². The van der Waals surface area contributed by atoms with Crippen molar-refractivity contribution in [2.24, 2.45) is 11.8 Å². The Balaban J connectivity index is 1.81. The second-order valence-electron chi connectivity index (χ2n) is 5.41. The zero-order valence-corrected chi connectivity index (χ0v) is 12.3. The van der Waals surface area contributed by atoms with Crippen LogP contribution >= 0.6 is 0 Å². The van der Waals surface area contributed by atoms with Crippen LogP contribution in [-0.4, -0.2) is 24.5 Å². The quantitative estimate of drug-likeness (QED) is 0.872. The zero-order valence-electron chi connectivity index (χ0n) is 12.3. The third-order valence-electron chi connectivity index (χ3n) is 4.16. The van der Waals surface area contributed by atoms with Crippen LogP contribution in [0.1, 0.15) is 12.0 Å². The number of aliphatic hydroxyl groups is 1. The lowest BCUT2D eigenvalue weighted by Gasteiger charge is -2.31. The minimum Gasteiger partial charge on any atom is -0.471 e. The fraction of sp³-hybridized carbons (Fsp3) is 0.278. The summed E-state index contributed by atoms with van der Waals surface area (Å²) in [4.78, 5) is 11.8. The van der Waals surface area contributed by atoms with Crippen molar-refractivity contribution >= 4 is 12.0 Å². The molecule has 1 aromatic carbocycles. The summed E-state index contributed by atoms with van der Waals surface area (Å²) in [7, 11) is 1.35. The van der Waals surface area contributed by atoms with Crippen molar-refractivity contribution in [1.82, 2.24) is 0 Å². The average molecular weight is 298 g/mol. The molecule has 0 spiro atoms. The van der Waals surface area contributed by atoms with E-state index in [1.54, 1.807) is 0 Å². The first-order valence-electron chi connectivity index (χ1n) is 7.26. The molecule has 3 atom stereocenters. The Morgan fingerprint density at radius 2 is 2.09 bits per heavy atom. The molecule has 2 aliphatic rings. The number of hydrogen-bond donors (Lipinski definition) is 1. The Labute approximate surface area is 129 Å². The molecular weight excluding hydrogens is 280 g/mol. The highest BCUT2D eigenvalue weighted by atomic mass is 16.6. The van der Waals surface area contributed by atoms with Crippen molar-refractivity contribution in [2.45, 2.75) is 12.7 Å². The van der Waals surface area contributed by atoms with Crippen LogP contribution in [-0.2, 0) is 14.3 Å². The van der Waals surface area contributed by atoms with E-state index >= 15 is 0 Å². The Kier molecular flexibility index (Phi) is 4.11. The number of ether oxygens (including phenoxy) is 2. The van der Waals surface area contributed by atoms with Crippen molar-refractivity contribution < 1.29 is 19.4 Å². The van der Waals surface area contributed by atoms with Gasteiger partial charge in [-0.05, 0) is 17.6 Å². The number of methoxy groups -OCH3 is 1. The zero-order chi connectivity index (χ0) is 15.5. The molecule has 22 heavy (non-hydrogen) atoms. The summed E-state index contributed by atoms with van der Waals surface area (Å²) in [6.07, 6.45) is 7.11. The average Bonchev–Trinajstić information content (AvgIpc) is 2.98. The first-order valence-corrected chi connectivity index (χ1v) is 7.26. The summed E-state index contributed by atoms with van der Waals surface area (Å²) in [6.45, 7) is 0. The van der Waals surface area contributed by atoms with Crippen LogP contribution in [0.15, 0.2) is 59.9 Å². The third-order valence-corrected chi connectivity index (χ3v) is 4.16. The molecule has 1 N–H and O–H groups in total. The summed E-state index contributed by atoms with van der Waals surface area (Å²) in [5, 5.41) is 10.1. The highest BCUT2D eigenvalue weighted by Crippen LogP contribution is 2.43. The largest absolute Gasteiger partial charge is 0.471 e. The first kappa shape index (κ1) is 14.6. The lowest BCUT2D eigenvalue weighted by Crippen LogP contribution is -2.34. The molecule has 0 amide bonds. The van der Waals surface area contributed by atoms with E-state index in [4.69, 9.17) is 9.47 Å². The number of esters is 1. The smallest absolute Gasteiger partial charge is 0.337 e. The lowest BCUT2D eigenvalue weighted by molar-refractivity contribution is -0.141. The maximum atomic E-state index is 11.8. The highest BCUT2D eigenvalue weighted by molar-refractivity contribution is 5.89. The summed E-state index contributed by atoms with van der Waals surface area (Å²) in [6, 6.07) is 9.94. The third kappa shape index (κ3) is 2.70. The van der Waals surface area contributed by atoms with Gasteiger partial charge in [0.25, 0.3) is 0 Å². The van der Waals surface area contributed by atoms with Crippen molar-refractivity contribution in [3.05, 3.63) is 65.5 Å². The summed E-state index contributed by atoms with van der Waals surface area (Å²) in [5.41, 5.74) is 2.55. The number of rotatable bonds is 3. The van der Waals surface area contributed by atoms with Crippen LogP contribution in [0.2, 0.25) is 0 Å². The predicted molar refractivity (Wildman–Crippen MR) is 82.3 cm³/mol. The molecule has 114 valence electrons. The van der Waals surface area contributed by atoms with Gasteiger partial charge in [-0.1, -0.05) is 48.6 Å². The van der Waals surface area contributed by atoms with E-state index in [9.17, 15) is 9.90 Å². The van der Waals surface area contributed by atoms with Gasteiger partial charge in [0.05, 0.1) is 24.9 Å². The van der Waals surface area contributed by atoms with Gasteiger partial charge in [-0.15, -0.1) is 0 Å². The molecule has 0 bridgehead atoms. The molecule has 1 unspecified atom stereocenters. The molecule has 0 saturated carbocycles. The van der Waals surface area contributed by atoms with Crippen molar-refractivity contribution in [1.29, 1.82) is 0 Å². The second kappa shape index (κ2) is 6.20. The lowest BCUT2D eigenvalue weighted by atomic mass is 9.83. The minimum absolute atomic E-state index is 0.0911. The minimum atomic E-state index is -0.937. The van der Waals surface area contributed by atoms with Crippen LogP contribution < -0.4 is 0 Å². The molecular formula is C18H18O4. The van der Waals surface area contributed by atoms with E-state index in [0.29, 0.717) is 12.0 Å². The van der Waals surface area contributed by atoms with Crippen LogP contribution in [0, 0.1) is 11.8 Å². The number of benzene rings is 1. The van der Waals surface area contributed by atoms with E-state index in [2.05, 4.69) is 0 Å². The predicted octanol–water partition coefficient (Wildman–Crippen LogP) is 2.67. The number of carbonyl (C=O) groups excluding carboxylic acids is 1. The number of carbonyl (C=O) groups is 1. The van der Waals surface area contributed by atoms with Crippen LogP contribution in [0.25, 0.3) is 6.08 Å². The topological polar surface area (TPSA) is 55.8 Å². The first-order chi connectivity index (χ1) is 10.7. The SMILES string of the molecule is COC(=O)C1=COC(O)[C@@H]2C(/C=C/c3ccccc3)=CC[C@H]12. The molecule has 4 heteroatoms. The van der Waals surface area contributed by atoms with Gasteiger partial charge in [0.15, 0.2) is 0 Å². The molecule has 1 aliphatic heterocycles. The van der Waals surface area contributed by atoms with Gasteiger partial charge in [-0.3, -0.25) is 0 Å².